The molecule has 0 aromatic carbocycles. The fraction of sp³-hybridized carbons (Fsp3) is 0.222. The van der Waals surface area contributed by atoms with E-state index in [9.17, 15) is 0 Å². The van der Waals surface area contributed by atoms with Gasteiger partial charge in [0.1, 0.15) is 6.33 Å². The van der Waals surface area contributed by atoms with E-state index in [0.29, 0.717) is 5.82 Å². The molecule has 0 aliphatic rings. The van der Waals surface area contributed by atoms with Crippen molar-refractivity contribution < 1.29 is 0 Å². The van der Waals surface area contributed by atoms with Gasteiger partial charge in [-0.25, -0.2) is 4.98 Å². The molecule has 2 rings (SSSR count). The topological polar surface area (TPSA) is 43.6 Å². The number of aromatic nitrogens is 4. The number of aryl methyl sites for hydroxylation is 1. The molecule has 5 heteroatoms. The summed E-state index contributed by atoms with van der Waals surface area (Å²) in [6.45, 7) is 0.774. The Balaban J connectivity index is 2.25. The lowest BCUT2D eigenvalue weighted by Gasteiger charge is -1.94. The molecule has 0 saturated heterocycles. The average molecular weight is 206 g/mol. The van der Waals surface area contributed by atoms with E-state index < -0.39 is 0 Å². The molecule has 4 nitrogen and oxygen atoms in total. The van der Waals surface area contributed by atoms with Crippen molar-refractivity contribution in [2.45, 2.75) is 6.54 Å². The molecule has 0 unspecified atom stereocenters. The third-order valence-electron chi connectivity index (χ3n) is 1.79. The summed E-state index contributed by atoms with van der Waals surface area (Å²) in [5, 5.41) is 4.29. The SMILES string of the molecule is SCCn1cnc(-c2cccnc2)n1. The molecule has 0 atom stereocenters. The van der Waals surface area contributed by atoms with Gasteiger partial charge >= 0.3 is 0 Å². The van der Waals surface area contributed by atoms with Crippen LogP contribution in [0, 0.1) is 0 Å². The summed E-state index contributed by atoms with van der Waals surface area (Å²) in [7, 11) is 0. The van der Waals surface area contributed by atoms with E-state index in [4.69, 9.17) is 0 Å². The number of thiol groups is 1. The second kappa shape index (κ2) is 4.23. The van der Waals surface area contributed by atoms with Gasteiger partial charge in [-0.2, -0.15) is 17.7 Å². The second-order valence-corrected chi connectivity index (χ2v) is 3.24. The van der Waals surface area contributed by atoms with Crippen molar-refractivity contribution in [3.05, 3.63) is 30.9 Å². The van der Waals surface area contributed by atoms with Crippen molar-refractivity contribution >= 4 is 12.6 Å². The van der Waals surface area contributed by atoms with E-state index in [1.807, 2.05) is 12.1 Å². The smallest absolute Gasteiger partial charge is 0.182 e. The highest BCUT2D eigenvalue weighted by atomic mass is 32.1. The summed E-state index contributed by atoms with van der Waals surface area (Å²) in [6, 6.07) is 3.81. The maximum Gasteiger partial charge on any atom is 0.182 e. The highest BCUT2D eigenvalue weighted by Gasteiger charge is 2.02. The van der Waals surface area contributed by atoms with Gasteiger partial charge in [-0.1, -0.05) is 0 Å². The van der Waals surface area contributed by atoms with Crippen LogP contribution in [0.5, 0.6) is 0 Å². The average Bonchev–Trinajstić information content (AvgIpc) is 2.68. The van der Waals surface area contributed by atoms with Crippen molar-refractivity contribution in [1.82, 2.24) is 19.7 Å². The van der Waals surface area contributed by atoms with E-state index >= 15 is 0 Å². The molecular weight excluding hydrogens is 196 g/mol. The third kappa shape index (κ3) is 1.93. The Hall–Kier alpha value is -1.36. The van der Waals surface area contributed by atoms with Crippen LogP contribution in [0.2, 0.25) is 0 Å². The summed E-state index contributed by atoms with van der Waals surface area (Å²) < 4.78 is 1.77. The van der Waals surface area contributed by atoms with Crippen molar-refractivity contribution in [2.75, 3.05) is 5.75 Å². The Morgan fingerprint density at radius 2 is 2.36 bits per heavy atom. The first-order valence-corrected chi connectivity index (χ1v) is 4.94. The molecular formula is C9H10N4S. The molecule has 0 N–H and O–H groups in total. The monoisotopic (exact) mass is 206 g/mol. The number of nitrogens with zero attached hydrogens (tertiary/aromatic N) is 4. The summed E-state index contributed by atoms with van der Waals surface area (Å²) in [6.07, 6.45) is 5.19. The van der Waals surface area contributed by atoms with Gasteiger partial charge in [-0.15, -0.1) is 0 Å². The first-order chi connectivity index (χ1) is 6.90. The van der Waals surface area contributed by atoms with Crippen molar-refractivity contribution in [1.29, 1.82) is 0 Å². The second-order valence-electron chi connectivity index (χ2n) is 2.80. The molecule has 0 amide bonds. The predicted molar refractivity (Wildman–Crippen MR) is 57.1 cm³/mol. The molecule has 0 radical (unpaired) electrons. The van der Waals surface area contributed by atoms with Gasteiger partial charge in [0.15, 0.2) is 5.82 Å². The first kappa shape index (κ1) is 9.21. The highest BCUT2D eigenvalue weighted by Crippen LogP contribution is 2.11. The van der Waals surface area contributed by atoms with Crippen LogP contribution in [-0.2, 0) is 6.54 Å². The van der Waals surface area contributed by atoms with E-state index in [1.54, 1.807) is 23.4 Å². The minimum absolute atomic E-state index is 0.708. The molecule has 14 heavy (non-hydrogen) atoms. The van der Waals surface area contributed by atoms with Crippen molar-refractivity contribution in [3.63, 3.8) is 0 Å². The lowest BCUT2D eigenvalue weighted by atomic mass is 10.3. The quantitative estimate of drug-likeness (QED) is 0.769. The lowest BCUT2D eigenvalue weighted by Crippen LogP contribution is -1.99. The molecule has 2 aromatic heterocycles. The van der Waals surface area contributed by atoms with Crippen LogP contribution in [0.15, 0.2) is 30.9 Å². The standard InChI is InChI=1S/C9H10N4S/c14-5-4-13-7-11-9(12-13)8-2-1-3-10-6-8/h1-3,6-7,14H,4-5H2. The fourth-order valence-corrected chi connectivity index (χ4v) is 1.34. The van der Waals surface area contributed by atoms with Crippen LogP contribution >= 0.6 is 12.6 Å². The maximum atomic E-state index is 4.29. The molecule has 72 valence electrons. The summed E-state index contributed by atoms with van der Waals surface area (Å²) in [5.74, 6) is 1.47. The Morgan fingerprint density at radius 1 is 1.43 bits per heavy atom. The van der Waals surface area contributed by atoms with Crippen LogP contribution < -0.4 is 0 Å². The van der Waals surface area contributed by atoms with Crippen LogP contribution in [-0.4, -0.2) is 25.5 Å². The molecule has 0 bridgehead atoms. The van der Waals surface area contributed by atoms with Crippen LogP contribution in [0.1, 0.15) is 0 Å². The van der Waals surface area contributed by atoms with Crippen molar-refractivity contribution in [2.24, 2.45) is 0 Å². The zero-order valence-electron chi connectivity index (χ0n) is 7.54. The molecule has 0 aliphatic carbocycles. The van der Waals surface area contributed by atoms with E-state index in [1.165, 1.54) is 0 Å². The molecule has 0 aliphatic heterocycles. The number of hydrogen-bond acceptors (Lipinski definition) is 4. The van der Waals surface area contributed by atoms with Gasteiger partial charge in [-0.05, 0) is 12.1 Å². The Morgan fingerprint density at radius 3 is 3.07 bits per heavy atom. The first-order valence-electron chi connectivity index (χ1n) is 4.31. The lowest BCUT2D eigenvalue weighted by molar-refractivity contribution is 0.667. The summed E-state index contributed by atoms with van der Waals surface area (Å²) in [4.78, 5) is 8.19. The largest absolute Gasteiger partial charge is 0.264 e. The Labute approximate surface area is 87.4 Å². The zero-order valence-corrected chi connectivity index (χ0v) is 8.43. The number of rotatable bonds is 3. The zero-order chi connectivity index (χ0) is 9.80. The maximum absolute atomic E-state index is 4.29. The van der Waals surface area contributed by atoms with Gasteiger partial charge in [0, 0.05) is 23.7 Å². The van der Waals surface area contributed by atoms with Crippen LogP contribution in [0.4, 0.5) is 0 Å². The molecule has 2 heterocycles. The third-order valence-corrected chi connectivity index (χ3v) is 1.99. The van der Waals surface area contributed by atoms with Gasteiger partial charge in [-0.3, -0.25) is 9.67 Å². The molecule has 0 saturated carbocycles. The molecule has 0 spiro atoms. The van der Waals surface area contributed by atoms with Gasteiger partial charge in [0.05, 0.1) is 6.54 Å². The molecule has 0 fully saturated rings. The van der Waals surface area contributed by atoms with Crippen LogP contribution in [0.3, 0.4) is 0 Å². The highest BCUT2D eigenvalue weighted by molar-refractivity contribution is 7.80. The van der Waals surface area contributed by atoms with Gasteiger partial charge < -0.3 is 0 Å². The Bertz CT molecular complexity index is 398. The minimum atomic E-state index is 0.708. The Kier molecular flexibility index (Phi) is 2.78. The van der Waals surface area contributed by atoms with Crippen LogP contribution in [0.25, 0.3) is 11.4 Å². The van der Waals surface area contributed by atoms with Gasteiger partial charge in [0.25, 0.3) is 0 Å². The predicted octanol–water partition coefficient (Wildman–Crippen LogP) is 1.27. The van der Waals surface area contributed by atoms with Crippen molar-refractivity contribution in [3.8, 4) is 11.4 Å². The number of hydrogen-bond donors (Lipinski definition) is 1. The van der Waals surface area contributed by atoms with E-state index in [0.717, 1.165) is 17.9 Å². The fourth-order valence-electron chi connectivity index (χ4n) is 1.13. The minimum Gasteiger partial charge on any atom is -0.264 e. The number of pyridine rings is 1. The normalized spacial score (nSPS) is 10.4. The summed E-state index contributed by atoms with van der Waals surface area (Å²) in [5.41, 5.74) is 0.936. The van der Waals surface area contributed by atoms with E-state index in [2.05, 4.69) is 27.7 Å². The molecule has 2 aromatic rings. The summed E-state index contributed by atoms with van der Waals surface area (Å²) >= 11 is 4.13. The van der Waals surface area contributed by atoms with Gasteiger partial charge in [0.2, 0.25) is 0 Å². The van der Waals surface area contributed by atoms with E-state index in [-0.39, 0.29) is 0 Å².